The molecule has 3 aromatic heterocycles. The third-order valence-corrected chi connectivity index (χ3v) is 21.9. The number of fused-ring (bicyclic) bond motifs is 2. The van der Waals surface area contributed by atoms with Crippen molar-refractivity contribution >= 4 is 119 Å². The van der Waals surface area contributed by atoms with Crippen molar-refractivity contribution in [3.63, 3.8) is 0 Å². The van der Waals surface area contributed by atoms with Crippen molar-refractivity contribution in [2.75, 3.05) is 81.5 Å². The number of methoxy groups -OCH3 is 3. The fourth-order valence-corrected chi connectivity index (χ4v) is 17.9. The van der Waals surface area contributed by atoms with E-state index in [0.717, 1.165) is 72.0 Å². The topological polar surface area (TPSA) is 221 Å². The van der Waals surface area contributed by atoms with Gasteiger partial charge in [-0.1, -0.05) is 68.3 Å². The second kappa shape index (κ2) is 26.9. The number of carbonyl (C=O) groups excluding carboxylic acids is 3. The summed E-state index contributed by atoms with van der Waals surface area (Å²) in [5.74, 6) is -3.10. The molecule has 2 amide bonds. The van der Waals surface area contributed by atoms with Crippen LogP contribution in [0.2, 0.25) is 19.6 Å². The van der Waals surface area contributed by atoms with Crippen molar-refractivity contribution < 1.29 is 52.8 Å². The van der Waals surface area contributed by atoms with Gasteiger partial charge in [-0.05, 0) is 76.5 Å². The molecule has 2 saturated heterocycles. The number of thioether (sulfide) groups is 2. The zero-order valence-corrected chi connectivity index (χ0v) is 53.6. The molecule has 0 saturated carbocycles. The highest BCUT2D eigenvalue weighted by Crippen LogP contribution is 2.54. The molecule has 10 rings (SSSR count). The van der Waals surface area contributed by atoms with Gasteiger partial charge in [-0.2, -0.15) is 0 Å². The molecule has 7 aliphatic heterocycles. The van der Waals surface area contributed by atoms with E-state index in [1.54, 1.807) is 55.8 Å². The number of esters is 1. The highest BCUT2D eigenvalue weighted by molar-refractivity contribution is 8.05. The molecule has 26 heteroatoms. The number of hydrogen-bond acceptors (Lipinski definition) is 21. The lowest BCUT2D eigenvalue weighted by Gasteiger charge is -2.48. The molecule has 10 heterocycles. The Morgan fingerprint density at radius 3 is 1.88 bits per heavy atom. The van der Waals surface area contributed by atoms with Crippen LogP contribution in [0.4, 0.5) is 0 Å². The molecule has 0 aliphatic carbocycles. The highest BCUT2D eigenvalue weighted by atomic mass is 32.2. The summed E-state index contributed by atoms with van der Waals surface area (Å²) in [7, 11) is 7.44. The Morgan fingerprint density at radius 2 is 1.35 bits per heavy atom. The van der Waals surface area contributed by atoms with Gasteiger partial charge >= 0.3 is 11.9 Å². The zero-order chi connectivity index (χ0) is 58.8. The smallest absolute Gasteiger partial charge is 0.356 e. The van der Waals surface area contributed by atoms with Crippen LogP contribution in [0, 0.1) is 27.6 Å². The number of H-pyrrole nitrogens is 1. The first kappa shape index (κ1) is 63.1. The first-order valence-electron chi connectivity index (χ1n) is 26.7. The number of nitrogens with one attached hydrogen (secondary N) is 2. The standard InChI is InChI=1S/C26H37N3O5S2Si.C19H23N3O5S2.C10H14N2OS2/c1-9-12-33-25(31)22-23(15(2)21-20(24(30)29(21)22)16(3)34-37(6,7)8)36-26-27-18(14-35-26)17-10-11-28(4)19(17)13-32-5;1-8-14-13(9(2)23)17(24)22(14)15(18(25)26)16(8)29-19-21-12(7-28-19)10-4-5-20-11(10)6-27-3;1-12-4-3-7(9(12)5-13-2)8-6-15-10(14)11-8/h9-10,14-16,19-21H,1,11-13H2,2-8H3;4,7-9,11,13-14,20,23H,5-6H2,1-3H3,(H,25,26);3,6,9H,4-5H2,1-2H3,(H,11,14)/t15-,16-,19+,20-,21-;8-,9-,11+,13-,14-;9-/m110/s1. The van der Waals surface area contributed by atoms with Crippen molar-refractivity contribution in [2.45, 2.75) is 98.4 Å². The van der Waals surface area contributed by atoms with E-state index in [4.69, 9.17) is 45.6 Å². The lowest BCUT2D eigenvalue weighted by Crippen LogP contribution is -2.64. The van der Waals surface area contributed by atoms with Crippen LogP contribution in [-0.2, 0) is 42.6 Å². The molecule has 11 atom stereocenters. The summed E-state index contributed by atoms with van der Waals surface area (Å²) in [6.45, 7) is 22.1. The van der Waals surface area contributed by atoms with E-state index >= 15 is 0 Å². The van der Waals surface area contributed by atoms with Crippen LogP contribution < -0.4 is 5.32 Å². The van der Waals surface area contributed by atoms with E-state index in [0.29, 0.717) is 29.9 Å². The van der Waals surface area contributed by atoms with Crippen LogP contribution in [0.5, 0.6) is 0 Å². The Kier molecular flexibility index (Phi) is 21.0. The van der Waals surface area contributed by atoms with Crippen LogP contribution >= 0.6 is 69.8 Å². The zero-order valence-electron chi connectivity index (χ0n) is 47.8. The number of thiazole rings is 3. The van der Waals surface area contributed by atoms with Gasteiger partial charge in [-0.3, -0.25) is 19.4 Å². The molecule has 0 aromatic carbocycles. The summed E-state index contributed by atoms with van der Waals surface area (Å²) in [4.78, 5) is 72.6. The minimum atomic E-state index is -1.84. The van der Waals surface area contributed by atoms with Crippen molar-refractivity contribution in [3.8, 4) is 0 Å². The Bertz CT molecular complexity index is 3070. The first-order chi connectivity index (χ1) is 38.5. The third-order valence-electron chi connectivity index (χ3n) is 15.3. The summed E-state index contributed by atoms with van der Waals surface area (Å²) < 4.78 is 30.0. The summed E-state index contributed by atoms with van der Waals surface area (Å²) >= 11 is 12.4. The number of rotatable bonds is 21. The van der Waals surface area contributed by atoms with Crippen LogP contribution in [0.15, 0.2) is 76.9 Å². The van der Waals surface area contributed by atoms with Crippen molar-refractivity contribution in [3.05, 3.63) is 89.3 Å². The third kappa shape index (κ3) is 13.3. The van der Waals surface area contributed by atoms with Crippen LogP contribution in [0.1, 0.15) is 44.8 Å². The molecule has 440 valence electrons. The van der Waals surface area contributed by atoms with Gasteiger partial charge in [0, 0.05) is 78.7 Å². The molecule has 7 aliphatic rings. The minimum absolute atomic E-state index is 0.0187. The molecule has 81 heavy (non-hydrogen) atoms. The SMILES string of the molecule is C=CCOC(=O)C1=C(Sc2nc(C3=CCN(C)[C@H]3COC)cs2)[C@H](C)[C@@H]2[C@@H]([C@@H](C)O[Si](C)(C)C)C(=O)N12.COC[C@@H]1NCC=C1c1csc(SC2=C(C(=O)O)N3C(=O)[C@H]([C@@H](C)O)[C@H]3[C@H]2C)n1.COC[C@H]1C(c2csc(=S)[nH]2)=CCN1C. The van der Waals surface area contributed by atoms with Gasteiger partial charge in [0.1, 0.15) is 18.0 Å². The Morgan fingerprint density at radius 1 is 0.815 bits per heavy atom. The second-order valence-corrected chi connectivity index (χ2v) is 32.1. The number of aliphatic hydroxyl groups excluding tert-OH is 1. The maximum absolute atomic E-state index is 13.4. The van der Waals surface area contributed by atoms with Gasteiger partial charge in [-0.15, -0.1) is 34.0 Å². The average molecular weight is 1240 g/mol. The van der Waals surface area contributed by atoms with E-state index in [1.165, 1.54) is 51.4 Å². The van der Waals surface area contributed by atoms with Crippen LogP contribution in [0.3, 0.4) is 0 Å². The molecular formula is C55H74N8O11S6Si. The number of carbonyl (C=O) groups is 4. The normalized spacial score (nSPS) is 26.9. The predicted octanol–water partition coefficient (Wildman–Crippen LogP) is 7.78. The van der Waals surface area contributed by atoms with Crippen molar-refractivity contribution in [1.82, 2.24) is 39.9 Å². The number of carboxylic acids is 1. The number of amides is 2. The average Bonchev–Trinajstić information content (AvgIpc) is 2.13. The number of β-lactam (4-membered cyclic amide) rings is 2. The van der Waals surface area contributed by atoms with Crippen molar-refractivity contribution in [1.29, 1.82) is 0 Å². The molecule has 0 spiro atoms. The second-order valence-electron chi connectivity index (χ2n) is 21.8. The maximum atomic E-state index is 13.4. The minimum Gasteiger partial charge on any atom is -0.477 e. The Balaban J connectivity index is 0.000000173. The summed E-state index contributed by atoms with van der Waals surface area (Å²) in [6.07, 6.45) is 7.02. The summed E-state index contributed by atoms with van der Waals surface area (Å²) in [5.41, 5.74) is 6.80. The number of aliphatic carboxylic acids is 1. The van der Waals surface area contributed by atoms with Gasteiger partial charge in [0.15, 0.2) is 21.0 Å². The van der Waals surface area contributed by atoms with Gasteiger partial charge in [0.2, 0.25) is 11.8 Å². The Labute approximate surface area is 500 Å². The monoisotopic (exact) mass is 1240 g/mol. The van der Waals surface area contributed by atoms with Gasteiger partial charge < -0.3 is 53.7 Å². The van der Waals surface area contributed by atoms with Gasteiger partial charge in [0.05, 0.1) is 91.2 Å². The van der Waals surface area contributed by atoms with Crippen molar-refractivity contribution in [2.24, 2.45) is 23.7 Å². The van der Waals surface area contributed by atoms with Gasteiger partial charge in [-0.25, -0.2) is 19.6 Å². The van der Waals surface area contributed by atoms with E-state index in [-0.39, 0.29) is 72.1 Å². The molecule has 2 fully saturated rings. The lowest BCUT2D eigenvalue weighted by molar-refractivity contribution is -0.163. The van der Waals surface area contributed by atoms with E-state index < -0.39 is 32.3 Å². The first-order valence-corrected chi connectivity index (χ1v) is 34.8. The fraction of sp³-hybridized carbons (Fsp3) is 0.545. The number of aromatic amines is 1. The van der Waals surface area contributed by atoms with Crippen LogP contribution in [-0.4, -0.2) is 201 Å². The number of nitrogens with zero attached hydrogens (tertiary/aromatic N) is 6. The number of hydrogen-bond donors (Lipinski definition) is 4. The fourth-order valence-electron chi connectivity index (χ4n) is 11.6. The highest BCUT2D eigenvalue weighted by Gasteiger charge is 2.62. The van der Waals surface area contributed by atoms with Gasteiger partial charge in [0.25, 0.3) is 0 Å². The molecule has 0 radical (unpaired) electrons. The van der Waals surface area contributed by atoms with E-state index in [2.05, 4.69) is 96.3 Å². The molecule has 0 unspecified atom stereocenters. The molecular weight excluding hydrogens is 1170 g/mol. The maximum Gasteiger partial charge on any atom is 0.356 e. The quantitative estimate of drug-likeness (QED) is 0.0263. The molecule has 3 aromatic rings. The summed E-state index contributed by atoms with van der Waals surface area (Å²) in [6, 6.07) is 0.140. The molecule has 4 N–H and O–H groups in total. The largest absolute Gasteiger partial charge is 0.477 e. The number of carboxylic acid groups (broad SMARTS) is 1. The number of ether oxygens (including phenoxy) is 4. The molecule has 19 nitrogen and oxygen atoms in total. The van der Waals surface area contributed by atoms with Crippen LogP contribution in [0.25, 0.3) is 16.7 Å². The number of aliphatic hydroxyl groups is 1. The lowest BCUT2D eigenvalue weighted by atomic mass is 9.79. The Hall–Kier alpha value is -3.97. The summed E-state index contributed by atoms with van der Waals surface area (Å²) in [5, 5.41) is 29.1. The number of likely N-dealkylation sites (N-methyl/N-ethyl adjacent to an activating group) is 2. The van der Waals surface area contributed by atoms with E-state index in [9.17, 15) is 29.4 Å². The van der Waals surface area contributed by atoms with E-state index in [1.807, 2.05) is 19.2 Å². The number of aromatic nitrogens is 3. The molecule has 0 bridgehead atoms. The predicted molar refractivity (Wildman–Crippen MR) is 325 cm³/mol.